The highest BCUT2D eigenvalue weighted by atomic mass is 35.5. The molecule has 2 N–H and O–H groups in total. The van der Waals surface area contributed by atoms with Gasteiger partial charge in [-0.05, 0) is 29.3 Å². The van der Waals surface area contributed by atoms with Crippen LogP contribution in [0.2, 0.25) is 10.0 Å². The molecule has 130 valence electrons. The summed E-state index contributed by atoms with van der Waals surface area (Å²) in [6, 6.07) is 12.8. The number of carbonyl (C=O) groups excluding carboxylic acids is 1. The van der Waals surface area contributed by atoms with Crippen LogP contribution in [-0.2, 0) is 22.5 Å². The van der Waals surface area contributed by atoms with Gasteiger partial charge in [-0.15, -0.1) is 0 Å². The first-order valence-electron chi connectivity index (χ1n) is 7.83. The Bertz CT molecular complexity index is 921. The van der Waals surface area contributed by atoms with Crippen LogP contribution in [0.4, 0.5) is 0 Å². The summed E-state index contributed by atoms with van der Waals surface area (Å²) in [5.74, 6) is -0.419. The average Bonchev–Trinajstić information content (AvgIpc) is 2.94. The molecule has 0 aliphatic carbocycles. The van der Waals surface area contributed by atoms with Gasteiger partial charge in [0, 0.05) is 40.1 Å². The number of rotatable bonds is 5. The molecule has 1 aromatic heterocycles. The molecule has 25 heavy (non-hydrogen) atoms. The van der Waals surface area contributed by atoms with Crippen molar-refractivity contribution in [1.82, 2.24) is 4.57 Å². The molecule has 0 aliphatic rings. The summed E-state index contributed by atoms with van der Waals surface area (Å²) in [6.07, 6.45) is 2.42. The van der Waals surface area contributed by atoms with Crippen LogP contribution in [0.3, 0.4) is 0 Å². The zero-order valence-electron chi connectivity index (χ0n) is 13.7. The topological polar surface area (TPSA) is 57.2 Å². The molecule has 0 radical (unpaired) electrons. The molecule has 0 spiro atoms. The van der Waals surface area contributed by atoms with Gasteiger partial charge in [-0.25, -0.2) is 0 Å². The Kier molecular flexibility index (Phi) is 5.33. The summed E-state index contributed by atoms with van der Waals surface area (Å²) < 4.78 is 6.83. The first-order chi connectivity index (χ1) is 12.0. The van der Waals surface area contributed by atoms with Crippen molar-refractivity contribution >= 4 is 40.1 Å². The third kappa shape index (κ3) is 3.82. The largest absolute Gasteiger partial charge is 0.468 e. The summed E-state index contributed by atoms with van der Waals surface area (Å²) >= 11 is 12.3. The Morgan fingerprint density at radius 1 is 1.20 bits per heavy atom. The number of carbonyl (C=O) groups is 1. The first kappa shape index (κ1) is 17.8. The highest BCUT2D eigenvalue weighted by molar-refractivity contribution is 6.35. The van der Waals surface area contributed by atoms with Crippen LogP contribution in [0.5, 0.6) is 0 Å². The van der Waals surface area contributed by atoms with Gasteiger partial charge in [-0.3, -0.25) is 4.79 Å². The molecule has 0 saturated heterocycles. The zero-order chi connectivity index (χ0) is 18.0. The van der Waals surface area contributed by atoms with Crippen LogP contribution < -0.4 is 5.73 Å². The van der Waals surface area contributed by atoms with E-state index in [0.29, 0.717) is 23.0 Å². The first-order valence-corrected chi connectivity index (χ1v) is 8.59. The predicted octanol–water partition coefficient (Wildman–Crippen LogP) is 4.04. The van der Waals surface area contributed by atoms with Gasteiger partial charge in [-0.1, -0.05) is 47.5 Å². The minimum Gasteiger partial charge on any atom is -0.468 e. The molecule has 4 nitrogen and oxygen atoms in total. The molecule has 0 fully saturated rings. The normalized spacial score (nSPS) is 12.3. The van der Waals surface area contributed by atoms with E-state index in [1.165, 1.54) is 7.11 Å². The number of methoxy groups -OCH3 is 1. The lowest BCUT2D eigenvalue weighted by atomic mass is 10.1. The van der Waals surface area contributed by atoms with Crippen LogP contribution in [0.25, 0.3) is 10.9 Å². The van der Waals surface area contributed by atoms with E-state index in [4.69, 9.17) is 33.7 Å². The lowest BCUT2D eigenvalue weighted by molar-refractivity contribution is -0.142. The van der Waals surface area contributed by atoms with Gasteiger partial charge in [0.25, 0.3) is 0 Å². The fourth-order valence-electron chi connectivity index (χ4n) is 2.92. The molecule has 0 aliphatic heterocycles. The van der Waals surface area contributed by atoms with Crippen molar-refractivity contribution in [2.24, 2.45) is 5.73 Å². The van der Waals surface area contributed by atoms with E-state index >= 15 is 0 Å². The van der Waals surface area contributed by atoms with Crippen molar-refractivity contribution < 1.29 is 9.53 Å². The second-order valence-electron chi connectivity index (χ2n) is 5.87. The predicted molar refractivity (Wildman–Crippen MR) is 101 cm³/mol. The maximum Gasteiger partial charge on any atom is 0.322 e. The highest BCUT2D eigenvalue weighted by Crippen LogP contribution is 2.26. The Labute approximate surface area is 156 Å². The fourth-order valence-corrected chi connectivity index (χ4v) is 3.39. The van der Waals surface area contributed by atoms with Gasteiger partial charge in [0.15, 0.2) is 0 Å². The van der Waals surface area contributed by atoms with E-state index in [-0.39, 0.29) is 0 Å². The van der Waals surface area contributed by atoms with Gasteiger partial charge in [0.05, 0.1) is 7.11 Å². The summed E-state index contributed by atoms with van der Waals surface area (Å²) in [5, 5.41) is 2.29. The molecule has 1 heterocycles. The van der Waals surface area contributed by atoms with Crippen molar-refractivity contribution in [3.05, 3.63) is 69.8 Å². The number of para-hydroxylation sites is 1. The van der Waals surface area contributed by atoms with Crippen LogP contribution in [0, 0.1) is 0 Å². The highest BCUT2D eigenvalue weighted by Gasteiger charge is 2.18. The number of hydrogen-bond donors (Lipinski definition) is 1. The quantitative estimate of drug-likeness (QED) is 0.683. The molecular formula is C19H18Cl2N2O2. The van der Waals surface area contributed by atoms with Crippen LogP contribution in [0.15, 0.2) is 48.7 Å². The monoisotopic (exact) mass is 376 g/mol. The van der Waals surface area contributed by atoms with Crippen molar-refractivity contribution in [3.63, 3.8) is 0 Å². The SMILES string of the molecule is COC(=O)C(N)Cc1cn(Cc2ccc(Cl)cc2Cl)c2ccccc12. The van der Waals surface area contributed by atoms with Crippen molar-refractivity contribution in [1.29, 1.82) is 0 Å². The average molecular weight is 377 g/mol. The Morgan fingerprint density at radius 3 is 2.68 bits per heavy atom. The van der Waals surface area contributed by atoms with Gasteiger partial charge < -0.3 is 15.0 Å². The number of fused-ring (bicyclic) bond motifs is 1. The van der Waals surface area contributed by atoms with Gasteiger partial charge in [-0.2, -0.15) is 0 Å². The van der Waals surface area contributed by atoms with Crippen molar-refractivity contribution in [2.45, 2.75) is 19.0 Å². The number of esters is 1. The molecule has 3 rings (SSSR count). The third-order valence-electron chi connectivity index (χ3n) is 4.17. The molecule has 0 amide bonds. The lowest BCUT2D eigenvalue weighted by Gasteiger charge is -2.08. The third-order valence-corrected chi connectivity index (χ3v) is 4.76. The van der Waals surface area contributed by atoms with Gasteiger partial charge >= 0.3 is 5.97 Å². The fraction of sp³-hybridized carbons (Fsp3) is 0.211. The molecule has 2 aromatic carbocycles. The standard InChI is InChI=1S/C19H18Cl2N2O2/c1-25-19(24)17(22)8-13-11-23(18-5-3-2-4-15(13)18)10-12-6-7-14(20)9-16(12)21/h2-7,9,11,17H,8,10,22H2,1H3. The van der Waals surface area contributed by atoms with E-state index in [2.05, 4.69) is 4.57 Å². The zero-order valence-corrected chi connectivity index (χ0v) is 15.2. The van der Waals surface area contributed by atoms with Gasteiger partial charge in [0.1, 0.15) is 6.04 Å². The van der Waals surface area contributed by atoms with E-state index in [1.807, 2.05) is 42.6 Å². The minimum atomic E-state index is -0.691. The lowest BCUT2D eigenvalue weighted by Crippen LogP contribution is -2.33. The van der Waals surface area contributed by atoms with Crippen molar-refractivity contribution in [2.75, 3.05) is 7.11 Å². The number of ether oxygens (including phenoxy) is 1. The number of halogens is 2. The van der Waals surface area contributed by atoms with E-state index in [1.54, 1.807) is 6.07 Å². The summed E-state index contributed by atoms with van der Waals surface area (Å²) in [6.45, 7) is 0.601. The molecule has 0 bridgehead atoms. The maximum absolute atomic E-state index is 11.6. The maximum atomic E-state index is 11.6. The second kappa shape index (κ2) is 7.48. The van der Waals surface area contributed by atoms with Gasteiger partial charge in [0.2, 0.25) is 0 Å². The Hall–Kier alpha value is -2.01. The summed E-state index contributed by atoms with van der Waals surface area (Å²) in [5.41, 5.74) is 8.96. The second-order valence-corrected chi connectivity index (χ2v) is 6.71. The smallest absolute Gasteiger partial charge is 0.322 e. The molecule has 1 unspecified atom stereocenters. The van der Waals surface area contributed by atoms with Crippen LogP contribution in [0.1, 0.15) is 11.1 Å². The summed E-state index contributed by atoms with van der Waals surface area (Å²) in [4.78, 5) is 11.6. The molecular weight excluding hydrogens is 359 g/mol. The number of nitrogens with two attached hydrogens (primary N) is 1. The van der Waals surface area contributed by atoms with Crippen LogP contribution >= 0.6 is 23.2 Å². The van der Waals surface area contributed by atoms with E-state index in [0.717, 1.165) is 22.0 Å². The number of aromatic nitrogens is 1. The molecule has 6 heteroatoms. The summed E-state index contributed by atoms with van der Waals surface area (Å²) in [7, 11) is 1.34. The Balaban J connectivity index is 1.97. The minimum absolute atomic E-state index is 0.411. The van der Waals surface area contributed by atoms with E-state index < -0.39 is 12.0 Å². The Morgan fingerprint density at radius 2 is 1.96 bits per heavy atom. The van der Waals surface area contributed by atoms with Crippen LogP contribution in [-0.4, -0.2) is 23.7 Å². The van der Waals surface area contributed by atoms with E-state index in [9.17, 15) is 4.79 Å². The van der Waals surface area contributed by atoms with Crippen molar-refractivity contribution in [3.8, 4) is 0 Å². The number of nitrogens with zero attached hydrogens (tertiary/aromatic N) is 1. The molecule has 0 saturated carbocycles. The molecule has 3 aromatic rings. The molecule has 1 atom stereocenters. The number of hydrogen-bond acceptors (Lipinski definition) is 3. The number of benzene rings is 2.